The van der Waals surface area contributed by atoms with E-state index in [9.17, 15) is 0 Å². The van der Waals surface area contributed by atoms with Gasteiger partial charge in [0.2, 0.25) is 0 Å². The summed E-state index contributed by atoms with van der Waals surface area (Å²) in [7, 11) is 0. The van der Waals surface area contributed by atoms with Gasteiger partial charge in [-0.1, -0.05) is 43.0 Å². The van der Waals surface area contributed by atoms with Gasteiger partial charge < -0.3 is 12.4 Å². The largest absolute Gasteiger partial charge is 2.00 e. The van der Waals surface area contributed by atoms with Gasteiger partial charge in [-0.15, -0.1) is 21.6 Å². The molecule has 0 spiro atoms. The summed E-state index contributed by atoms with van der Waals surface area (Å²) in [5, 5.41) is 3.13. The van der Waals surface area contributed by atoms with Crippen molar-refractivity contribution < 1.29 is 31.9 Å². The normalized spacial score (nSPS) is 9.40. The first-order valence-corrected chi connectivity index (χ1v) is 7.29. The molecule has 0 atom stereocenters. The van der Waals surface area contributed by atoms with Crippen LogP contribution in [0.5, 0.6) is 0 Å². The summed E-state index contributed by atoms with van der Waals surface area (Å²) in [5.74, 6) is 0. The molecule has 2 heterocycles. The van der Waals surface area contributed by atoms with Crippen LogP contribution in [0.25, 0.3) is 26.3 Å². The molecule has 0 nitrogen and oxygen atoms in total. The van der Waals surface area contributed by atoms with Gasteiger partial charge in [0.15, 0.2) is 0 Å². The summed E-state index contributed by atoms with van der Waals surface area (Å²) >= 11 is 3.48. The SMILES string of the molecule is C=Cc1ccc(-c2ccc(-c3cc[c-]s3)s2)cc1.[Cl-].[Zn+2]. The molecule has 0 radical (unpaired) electrons. The van der Waals surface area contributed by atoms with Crippen LogP contribution in [-0.2, 0) is 19.5 Å². The smallest absolute Gasteiger partial charge is 1.00 e. The van der Waals surface area contributed by atoms with Crippen LogP contribution in [0, 0.1) is 5.38 Å². The van der Waals surface area contributed by atoms with Crippen molar-refractivity contribution in [3.05, 3.63) is 66.1 Å². The van der Waals surface area contributed by atoms with Crippen molar-refractivity contribution in [2.75, 3.05) is 0 Å². The molecule has 0 N–H and O–H groups in total. The van der Waals surface area contributed by atoms with Crippen molar-refractivity contribution in [2.24, 2.45) is 0 Å². The molecule has 0 aliphatic heterocycles. The number of hydrogen-bond acceptors (Lipinski definition) is 2. The van der Waals surface area contributed by atoms with E-state index in [-0.39, 0.29) is 31.9 Å². The first-order chi connectivity index (χ1) is 8.86. The van der Waals surface area contributed by atoms with E-state index in [4.69, 9.17) is 0 Å². The van der Waals surface area contributed by atoms with Gasteiger partial charge in [-0.2, -0.15) is 12.1 Å². The summed E-state index contributed by atoms with van der Waals surface area (Å²) in [6, 6.07) is 16.9. The Morgan fingerprint density at radius 3 is 2.20 bits per heavy atom. The molecule has 0 fully saturated rings. The minimum absolute atomic E-state index is 0. The molecule has 1 aromatic carbocycles. The van der Waals surface area contributed by atoms with E-state index in [0.717, 1.165) is 5.56 Å². The Morgan fingerprint density at radius 2 is 1.60 bits per heavy atom. The molecule has 4 heteroatoms. The zero-order valence-corrected chi connectivity index (χ0v) is 16.2. The molecule has 3 aromatic rings. The fraction of sp³-hybridized carbons (Fsp3) is 0. The Morgan fingerprint density at radius 1 is 0.900 bits per heavy atom. The molecule has 0 aliphatic carbocycles. The Bertz CT molecular complexity index is 654. The van der Waals surface area contributed by atoms with Crippen molar-refractivity contribution in [1.82, 2.24) is 0 Å². The summed E-state index contributed by atoms with van der Waals surface area (Å²) < 4.78 is 0. The zero-order chi connectivity index (χ0) is 12.4. The average molecular weight is 368 g/mol. The predicted molar refractivity (Wildman–Crippen MR) is 82.0 cm³/mol. The Balaban J connectivity index is 0.000001000. The van der Waals surface area contributed by atoms with Crippen LogP contribution in [0.15, 0.2) is 55.1 Å². The summed E-state index contributed by atoms with van der Waals surface area (Å²) in [4.78, 5) is 3.90. The Hall–Kier alpha value is -0.727. The minimum atomic E-state index is 0. The van der Waals surface area contributed by atoms with Gasteiger partial charge in [0.1, 0.15) is 0 Å². The van der Waals surface area contributed by atoms with Crippen LogP contribution in [0.1, 0.15) is 5.56 Å². The Labute approximate surface area is 146 Å². The van der Waals surface area contributed by atoms with E-state index in [1.54, 1.807) is 11.3 Å². The third-order valence-corrected chi connectivity index (χ3v) is 4.88. The van der Waals surface area contributed by atoms with Gasteiger partial charge in [0, 0.05) is 4.88 Å². The average Bonchev–Trinajstić information content (AvgIpc) is 3.09. The van der Waals surface area contributed by atoms with Crippen molar-refractivity contribution in [3.8, 4) is 20.2 Å². The standard InChI is InChI=1S/C16H11S2.ClH.Zn/c1-2-12-5-7-13(8-6-12)14-9-10-16(18-14)15-4-3-11-17-15;;/h2-10H,1H2;1H;/q-1;;+2/p-1. The van der Waals surface area contributed by atoms with Crippen molar-refractivity contribution in [2.45, 2.75) is 0 Å². The third kappa shape index (κ3) is 3.68. The van der Waals surface area contributed by atoms with E-state index < -0.39 is 0 Å². The first kappa shape index (κ1) is 17.3. The van der Waals surface area contributed by atoms with Crippen LogP contribution < -0.4 is 12.4 Å². The van der Waals surface area contributed by atoms with E-state index in [2.05, 4.69) is 54.4 Å². The molecule has 0 amide bonds. The van der Waals surface area contributed by atoms with Crippen LogP contribution >= 0.6 is 22.7 Å². The number of thiophene rings is 2. The van der Waals surface area contributed by atoms with Gasteiger partial charge in [-0.25, -0.2) is 0 Å². The fourth-order valence-corrected chi connectivity index (χ4v) is 3.53. The van der Waals surface area contributed by atoms with Gasteiger partial charge in [-0.05, 0) is 22.1 Å². The topological polar surface area (TPSA) is 0 Å². The van der Waals surface area contributed by atoms with Crippen molar-refractivity contribution in [1.29, 1.82) is 0 Å². The molecule has 3 rings (SSSR count). The third-order valence-electron chi connectivity index (χ3n) is 2.75. The maximum atomic E-state index is 3.77. The summed E-state index contributed by atoms with van der Waals surface area (Å²) in [5.41, 5.74) is 2.42. The maximum Gasteiger partial charge on any atom is 2.00 e. The van der Waals surface area contributed by atoms with Gasteiger partial charge in [0.25, 0.3) is 0 Å². The molecule has 0 saturated carbocycles. The summed E-state index contributed by atoms with van der Waals surface area (Å²) in [6.45, 7) is 3.77. The van der Waals surface area contributed by atoms with E-state index >= 15 is 0 Å². The molecule has 0 saturated heterocycles. The number of halogens is 1. The second-order valence-electron chi connectivity index (χ2n) is 3.91. The maximum absolute atomic E-state index is 3.77. The summed E-state index contributed by atoms with van der Waals surface area (Å²) in [6.07, 6.45) is 1.87. The van der Waals surface area contributed by atoms with Crippen LogP contribution in [0.4, 0.5) is 0 Å². The number of rotatable bonds is 3. The van der Waals surface area contributed by atoms with E-state index in [1.165, 1.54) is 20.2 Å². The Kier molecular flexibility index (Phi) is 6.84. The van der Waals surface area contributed by atoms with Crippen LogP contribution in [0.3, 0.4) is 0 Å². The fourth-order valence-electron chi connectivity index (χ4n) is 1.78. The minimum Gasteiger partial charge on any atom is -1.00 e. The molecule has 96 valence electrons. The van der Waals surface area contributed by atoms with E-state index in [1.807, 2.05) is 23.5 Å². The zero-order valence-electron chi connectivity index (χ0n) is 10.8. The van der Waals surface area contributed by atoms with E-state index in [0.29, 0.717) is 0 Å². The van der Waals surface area contributed by atoms with Crippen LogP contribution in [-0.4, -0.2) is 0 Å². The molecule has 0 unspecified atom stereocenters. The second kappa shape index (κ2) is 7.90. The molecular formula is C16H11ClS2Zn. The molecule has 2 aromatic heterocycles. The first-order valence-electron chi connectivity index (χ1n) is 5.66. The van der Waals surface area contributed by atoms with Gasteiger partial charge in [0.05, 0.1) is 0 Å². The van der Waals surface area contributed by atoms with Gasteiger partial charge >= 0.3 is 19.5 Å². The van der Waals surface area contributed by atoms with Crippen LogP contribution in [0.2, 0.25) is 0 Å². The molecule has 20 heavy (non-hydrogen) atoms. The van der Waals surface area contributed by atoms with Crippen molar-refractivity contribution >= 4 is 28.7 Å². The predicted octanol–water partition coefficient (Wildman–Crippen LogP) is 2.59. The monoisotopic (exact) mass is 366 g/mol. The quantitative estimate of drug-likeness (QED) is 0.493. The number of benzene rings is 1. The second-order valence-corrected chi connectivity index (χ2v) is 5.87. The molecular weight excluding hydrogens is 357 g/mol. The van der Waals surface area contributed by atoms with Crippen molar-refractivity contribution in [3.63, 3.8) is 0 Å². The molecule has 0 aliphatic rings. The van der Waals surface area contributed by atoms with Gasteiger partial charge in [-0.3, -0.25) is 11.3 Å². The number of hydrogen-bond donors (Lipinski definition) is 0. The molecule has 0 bridgehead atoms.